The lowest BCUT2D eigenvalue weighted by molar-refractivity contribution is 0.506. The van der Waals surface area contributed by atoms with Crippen LogP contribution in [-0.4, -0.2) is 13.1 Å². The Morgan fingerprint density at radius 3 is 2.71 bits per heavy atom. The number of rotatable bonds is 6. The van der Waals surface area contributed by atoms with Gasteiger partial charge in [-0.15, -0.1) is 12.3 Å². The van der Waals surface area contributed by atoms with Crippen molar-refractivity contribution in [2.24, 2.45) is 0 Å². The van der Waals surface area contributed by atoms with Gasteiger partial charge in [-0.25, -0.2) is 0 Å². The van der Waals surface area contributed by atoms with Crippen LogP contribution in [0.3, 0.4) is 0 Å². The van der Waals surface area contributed by atoms with E-state index in [1.807, 2.05) is 25.2 Å². The van der Waals surface area contributed by atoms with Crippen LogP contribution in [0.2, 0.25) is 10.0 Å². The molecule has 0 aliphatic carbocycles. The van der Waals surface area contributed by atoms with E-state index >= 15 is 0 Å². The van der Waals surface area contributed by atoms with Crippen LogP contribution in [-0.2, 0) is 6.42 Å². The first-order valence-corrected chi connectivity index (χ1v) is 6.47. The maximum absolute atomic E-state index is 5.99. The van der Waals surface area contributed by atoms with Crippen molar-refractivity contribution in [1.82, 2.24) is 5.32 Å². The lowest BCUT2D eigenvalue weighted by atomic mass is 10.0. The SMILES string of the molecule is C#CCCCC(Cc1ccc(Cl)c(Cl)c1)NC. The topological polar surface area (TPSA) is 12.0 Å². The third kappa shape index (κ3) is 5.00. The highest BCUT2D eigenvalue weighted by Gasteiger charge is 2.08. The quantitative estimate of drug-likeness (QED) is 0.610. The molecule has 1 nitrogen and oxygen atoms in total. The third-order valence-electron chi connectivity index (χ3n) is 2.75. The standard InChI is InChI=1S/C14H17Cl2N/c1-3-4-5-6-12(17-2)9-11-7-8-13(15)14(16)10-11/h1,7-8,10,12,17H,4-6,9H2,2H3. The molecule has 1 unspecified atom stereocenters. The number of hydrogen-bond acceptors (Lipinski definition) is 1. The molecule has 0 saturated heterocycles. The molecule has 0 radical (unpaired) electrons. The smallest absolute Gasteiger partial charge is 0.0595 e. The Morgan fingerprint density at radius 2 is 2.12 bits per heavy atom. The first-order valence-electron chi connectivity index (χ1n) is 5.72. The summed E-state index contributed by atoms with van der Waals surface area (Å²) < 4.78 is 0. The van der Waals surface area contributed by atoms with Crippen molar-refractivity contribution in [2.75, 3.05) is 7.05 Å². The highest BCUT2D eigenvalue weighted by Crippen LogP contribution is 2.23. The van der Waals surface area contributed by atoms with Gasteiger partial charge in [-0.05, 0) is 44.0 Å². The van der Waals surface area contributed by atoms with Crippen LogP contribution < -0.4 is 5.32 Å². The highest BCUT2D eigenvalue weighted by molar-refractivity contribution is 6.42. The van der Waals surface area contributed by atoms with E-state index in [9.17, 15) is 0 Å². The largest absolute Gasteiger partial charge is 0.317 e. The fourth-order valence-corrected chi connectivity index (χ4v) is 2.07. The summed E-state index contributed by atoms with van der Waals surface area (Å²) in [6.07, 6.45) is 9.13. The molecule has 92 valence electrons. The van der Waals surface area contributed by atoms with Gasteiger partial charge in [-0.3, -0.25) is 0 Å². The minimum atomic E-state index is 0.431. The van der Waals surface area contributed by atoms with Gasteiger partial charge in [-0.1, -0.05) is 29.3 Å². The normalized spacial score (nSPS) is 12.1. The van der Waals surface area contributed by atoms with Crippen LogP contribution >= 0.6 is 23.2 Å². The first kappa shape index (κ1) is 14.4. The molecule has 3 heteroatoms. The van der Waals surface area contributed by atoms with E-state index in [-0.39, 0.29) is 0 Å². The molecule has 0 aromatic heterocycles. The summed E-state index contributed by atoms with van der Waals surface area (Å²) in [5, 5.41) is 4.51. The minimum Gasteiger partial charge on any atom is -0.317 e. The Balaban J connectivity index is 2.55. The fourth-order valence-electron chi connectivity index (χ4n) is 1.75. The molecule has 17 heavy (non-hydrogen) atoms. The Morgan fingerprint density at radius 1 is 1.35 bits per heavy atom. The lowest BCUT2D eigenvalue weighted by Gasteiger charge is -2.15. The maximum atomic E-state index is 5.99. The summed E-state index contributed by atoms with van der Waals surface area (Å²) in [7, 11) is 1.97. The Bertz CT molecular complexity index is 396. The second-order valence-electron chi connectivity index (χ2n) is 4.03. The molecule has 0 fully saturated rings. The molecule has 0 saturated carbocycles. The monoisotopic (exact) mass is 269 g/mol. The number of terminal acetylenes is 1. The van der Waals surface area contributed by atoms with Crippen LogP contribution in [0, 0.1) is 12.3 Å². The zero-order valence-corrected chi connectivity index (χ0v) is 11.5. The molecular weight excluding hydrogens is 253 g/mol. The van der Waals surface area contributed by atoms with Crippen LogP contribution in [0.1, 0.15) is 24.8 Å². The van der Waals surface area contributed by atoms with E-state index in [4.69, 9.17) is 29.6 Å². The van der Waals surface area contributed by atoms with Gasteiger partial charge in [0, 0.05) is 12.5 Å². The average Bonchev–Trinajstić information content (AvgIpc) is 2.32. The van der Waals surface area contributed by atoms with Gasteiger partial charge in [0.2, 0.25) is 0 Å². The van der Waals surface area contributed by atoms with E-state index in [1.54, 1.807) is 0 Å². The summed E-state index contributed by atoms with van der Waals surface area (Å²) >= 11 is 11.9. The van der Waals surface area contributed by atoms with E-state index < -0.39 is 0 Å². The van der Waals surface area contributed by atoms with Gasteiger partial charge >= 0.3 is 0 Å². The first-order chi connectivity index (χ1) is 8.17. The van der Waals surface area contributed by atoms with Gasteiger partial charge in [0.05, 0.1) is 10.0 Å². The number of nitrogens with one attached hydrogen (secondary N) is 1. The summed E-state index contributed by atoms with van der Waals surface area (Å²) in [6.45, 7) is 0. The minimum absolute atomic E-state index is 0.431. The van der Waals surface area contributed by atoms with Gasteiger partial charge in [0.15, 0.2) is 0 Å². The summed E-state index contributed by atoms with van der Waals surface area (Å²) in [5.41, 5.74) is 1.19. The van der Waals surface area contributed by atoms with Crippen molar-refractivity contribution in [3.05, 3.63) is 33.8 Å². The predicted molar refractivity (Wildman–Crippen MR) is 75.7 cm³/mol. The Kier molecular flexibility index (Phi) is 6.44. The summed E-state index contributed by atoms with van der Waals surface area (Å²) in [5.74, 6) is 2.66. The zero-order valence-electron chi connectivity index (χ0n) is 9.97. The lowest BCUT2D eigenvalue weighted by Crippen LogP contribution is -2.27. The number of benzene rings is 1. The van der Waals surface area contributed by atoms with E-state index in [0.717, 1.165) is 25.7 Å². The van der Waals surface area contributed by atoms with E-state index in [1.165, 1.54) is 5.56 Å². The Hall–Kier alpha value is -0.680. The van der Waals surface area contributed by atoms with Crippen molar-refractivity contribution < 1.29 is 0 Å². The molecule has 0 aliphatic rings. The molecule has 0 heterocycles. The van der Waals surface area contributed by atoms with Gasteiger partial charge in [-0.2, -0.15) is 0 Å². The van der Waals surface area contributed by atoms with Crippen molar-refractivity contribution >= 4 is 23.2 Å². The zero-order chi connectivity index (χ0) is 12.7. The van der Waals surface area contributed by atoms with Crippen LogP contribution in [0.15, 0.2) is 18.2 Å². The number of halogens is 2. The third-order valence-corrected chi connectivity index (χ3v) is 3.49. The van der Waals surface area contributed by atoms with Crippen molar-refractivity contribution in [3.63, 3.8) is 0 Å². The van der Waals surface area contributed by atoms with Gasteiger partial charge < -0.3 is 5.32 Å². The van der Waals surface area contributed by atoms with Crippen LogP contribution in [0.4, 0.5) is 0 Å². The Labute approximate surface area is 114 Å². The van der Waals surface area contributed by atoms with Crippen LogP contribution in [0.5, 0.6) is 0 Å². The average molecular weight is 270 g/mol. The summed E-state index contributed by atoms with van der Waals surface area (Å²) in [6, 6.07) is 6.21. The number of hydrogen-bond donors (Lipinski definition) is 1. The number of likely N-dealkylation sites (N-methyl/N-ethyl adjacent to an activating group) is 1. The molecular formula is C14H17Cl2N. The van der Waals surface area contributed by atoms with Crippen LogP contribution in [0.25, 0.3) is 0 Å². The molecule has 0 spiro atoms. The van der Waals surface area contributed by atoms with Crippen molar-refractivity contribution in [3.8, 4) is 12.3 Å². The van der Waals surface area contributed by atoms with Crippen molar-refractivity contribution in [2.45, 2.75) is 31.7 Å². The molecule has 0 bridgehead atoms. The molecule has 0 aliphatic heterocycles. The van der Waals surface area contributed by atoms with E-state index in [0.29, 0.717) is 16.1 Å². The predicted octanol–water partition coefficient (Wildman–Crippen LogP) is 3.93. The summed E-state index contributed by atoms with van der Waals surface area (Å²) in [4.78, 5) is 0. The highest BCUT2D eigenvalue weighted by atomic mass is 35.5. The van der Waals surface area contributed by atoms with Crippen molar-refractivity contribution in [1.29, 1.82) is 0 Å². The molecule has 1 rings (SSSR count). The second-order valence-corrected chi connectivity index (χ2v) is 4.85. The maximum Gasteiger partial charge on any atom is 0.0595 e. The van der Waals surface area contributed by atoms with Gasteiger partial charge in [0.25, 0.3) is 0 Å². The molecule has 0 amide bonds. The fraction of sp³-hybridized carbons (Fsp3) is 0.429. The molecule has 1 aromatic rings. The molecule has 1 aromatic carbocycles. The second kappa shape index (κ2) is 7.61. The van der Waals surface area contributed by atoms with Gasteiger partial charge in [0.1, 0.15) is 0 Å². The number of unbranched alkanes of at least 4 members (excludes halogenated alkanes) is 1. The van der Waals surface area contributed by atoms with E-state index in [2.05, 4.69) is 11.2 Å². The molecule has 1 atom stereocenters. The molecule has 1 N–H and O–H groups in total.